The topological polar surface area (TPSA) is 44.7 Å². The molecule has 0 saturated carbocycles. The van der Waals surface area contributed by atoms with Gasteiger partial charge in [0.1, 0.15) is 0 Å². The molecule has 4 heteroatoms. The van der Waals surface area contributed by atoms with Crippen LogP contribution >= 0.6 is 0 Å². The molecule has 0 radical (unpaired) electrons. The van der Waals surface area contributed by atoms with Crippen molar-refractivity contribution >= 4 is 0 Å². The average molecular weight is 186 g/mol. The Morgan fingerprint density at radius 2 is 2.23 bits per heavy atom. The first kappa shape index (κ1) is 9.40. The molecule has 0 aromatic carbocycles. The van der Waals surface area contributed by atoms with Crippen molar-refractivity contribution in [1.29, 1.82) is 0 Å². The van der Waals surface area contributed by atoms with Crippen LogP contribution in [-0.2, 0) is 4.74 Å². The molecule has 2 N–H and O–H groups in total. The summed E-state index contributed by atoms with van der Waals surface area (Å²) in [5.74, 6) is 0. The fourth-order valence-electron chi connectivity index (χ4n) is 2.28. The van der Waals surface area contributed by atoms with Crippen molar-refractivity contribution < 1.29 is 9.84 Å². The molecular weight excluding hydrogens is 168 g/mol. The fourth-order valence-corrected chi connectivity index (χ4v) is 2.28. The van der Waals surface area contributed by atoms with Gasteiger partial charge in [0.05, 0.1) is 12.7 Å². The minimum absolute atomic E-state index is 0.324. The Labute approximate surface area is 78.9 Å². The first-order chi connectivity index (χ1) is 6.24. The largest absolute Gasteiger partial charge is 0.389 e. The van der Waals surface area contributed by atoms with E-state index >= 15 is 0 Å². The summed E-state index contributed by atoms with van der Waals surface area (Å²) in [6.45, 7) is 5.80. The van der Waals surface area contributed by atoms with Crippen LogP contribution in [0.1, 0.15) is 0 Å². The number of aliphatic hydroxyl groups excluding tert-OH is 1. The van der Waals surface area contributed by atoms with E-state index in [0.29, 0.717) is 12.0 Å². The van der Waals surface area contributed by atoms with E-state index in [1.807, 2.05) is 0 Å². The van der Waals surface area contributed by atoms with E-state index in [1.54, 1.807) is 7.11 Å². The van der Waals surface area contributed by atoms with Crippen LogP contribution in [0.15, 0.2) is 0 Å². The van der Waals surface area contributed by atoms with Crippen LogP contribution in [0.5, 0.6) is 0 Å². The molecule has 76 valence electrons. The van der Waals surface area contributed by atoms with Gasteiger partial charge in [-0.2, -0.15) is 0 Å². The predicted molar refractivity (Wildman–Crippen MR) is 49.6 cm³/mol. The van der Waals surface area contributed by atoms with Crippen LogP contribution in [-0.4, -0.2) is 62.6 Å². The molecule has 1 atom stereocenters. The number of nitrogens with zero attached hydrogens (tertiary/aromatic N) is 1. The van der Waals surface area contributed by atoms with E-state index in [9.17, 15) is 5.11 Å². The minimum atomic E-state index is -0.324. The lowest BCUT2D eigenvalue weighted by Gasteiger charge is -2.56. The van der Waals surface area contributed by atoms with E-state index in [2.05, 4.69) is 10.2 Å². The Morgan fingerprint density at radius 3 is 2.69 bits per heavy atom. The highest BCUT2D eigenvalue weighted by Crippen LogP contribution is 2.33. The summed E-state index contributed by atoms with van der Waals surface area (Å²) < 4.78 is 4.88. The van der Waals surface area contributed by atoms with Gasteiger partial charge in [-0.3, -0.25) is 4.90 Å². The van der Waals surface area contributed by atoms with Crippen LogP contribution < -0.4 is 5.32 Å². The fraction of sp³-hybridized carbons (Fsp3) is 1.00. The lowest BCUT2D eigenvalue weighted by Crippen LogP contribution is -2.71. The lowest BCUT2D eigenvalue weighted by molar-refractivity contribution is -0.0677. The zero-order valence-corrected chi connectivity index (χ0v) is 8.12. The second-order valence-electron chi connectivity index (χ2n) is 4.38. The van der Waals surface area contributed by atoms with E-state index in [0.717, 1.165) is 32.7 Å². The highest BCUT2D eigenvalue weighted by atomic mass is 16.5. The van der Waals surface area contributed by atoms with Crippen molar-refractivity contribution in [2.75, 3.05) is 46.4 Å². The standard InChI is InChI=1S/C9H18N2O2/c1-13-3-8(12)2-11-6-9(7-11)4-10-5-9/h8,10,12H,2-7H2,1H3/t8-/m0/s1. The SMILES string of the molecule is COC[C@@H](O)CN1CC2(CNC2)C1. The molecule has 2 aliphatic rings. The second-order valence-corrected chi connectivity index (χ2v) is 4.38. The van der Waals surface area contributed by atoms with Crippen molar-refractivity contribution in [2.45, 2.75) is 6.10 Å². The van der Waals surface area contributed by atoms with Gasteiger partial charge in [0.15, 0.2) is 0 Å². The van der Waals surface area contributed by atoms with Gasteiger partial charge in [0.25, 0.3) is 0 Å². The van der Waals surface area contributed by atoms with Crippen molar-refractivity contribution in [1.82, 2.24) is 10.2 Å². The maximum atomic E-state index is 9.46. The molecule has 0 aromatic heterocycles. The first-order valence-corrected chi connectivity index (χ1v) is 4.84. The number of aliphatic hydroxyl groups is 1. The molecule has 2 fully saturated rings. The molecule has 2 rings (SSSR count). The van der Waals surface area contributed by atoms with Gasteiger partial charge in [-0.25, -0.2) is 0 Å². The highest BCUT2D eigenvalue weighted by Gasteiger charge is 2.47. The molecule has 2 heterocycles. The second kappa shape index (κ2) is 3.53. The maximum Gasteiger partial charge on any atom is 0.0900 e. The monoisotopic (exact) mass is 186 g/mol. The van der Waals surface area contributed by atoms with Crippen molar-refractivity contribution in [3.63, 3.8) is 0 Å². The lowest BCUT2D eigenvalue weighted by atomic mass is 9.74. The Morgan fingerprint density at radius 1 is 1.54 bits per heavy atom. The Hall–Kier alpha value is -0.160. The Kier molecular flexibility index (Phi) is 2.55. The van der Waals surface area contributed by atoms with Gasteiger partial charge in [0, 0.05) is 45.2 Å². The molecule has 0 aromatic rings. The summed E-state index contributed by atoms with van der Waals surface area (Å²) in [5, 5.41) is 12.8. The van der Waals surface area contributed by atoms with Crippen molar-refractivity contribution in [3.8, 4) is 0 Å². The van der Waals surface area contributed by atoms with E-state index < -0.39 is 0 Å². The maximum absolute atomic E-state index is 9.46. The van der Waals surface area contributed by atoms with Crippen LogP contribution in [0, 0.1) is 5.41 Å². The number of methoxy groups -OCH3 is 1. The van der Waals surface area contributed by atoms with Crippen LogP contribution in [0.2, 0.25) is 0 Å². The predicted octanol–water partition coefficient (Wildman–Crippen LogP) is -1.10. The summed E-state index contributed by atoms with van der Waals surface area (Å²) in [6, 6.07) is 0. The molecule has 0 aliphatic carbocycles. The molecule has 4 nitrogen and oxygen atoms in total. The van der Waals surface area contributed by atoms with Gasteiger partial charge in [-0.15, -0.1) is 0 Å². The summed E-state index contributed by atoms with van der Waals surface area (Å²) in [7, 11) is 1.62. The van der Waals surface area contributed by atoms with Gasteiger partial charge >= 0.3 is 0 Å². The third-order valence-corrected chi connectivity index (χ3v) is 2.95. The molecule has 1 spiro atoms. The summed E-state index contributed by atoms with van der Waals surface area (Å²) in [4.78, 5) is 2.30. The van der Waals surface area contributed by atoms with Gasteiger partial charge in [0.2, 0.25) is 0 Å². The van der Waals surface area contributed by atoms with E-state index in [-0.39, 0.29) is 6.10 Å². The number of β-amino-alcohol motifs (C(OH)–C–C–N with tert-alkyl or cyclic N) is 1. The normalized spacial score (nSPS) is 28.2. The molecule has 2 aliphatic heterocycles. The molecule has 0 bridgehead atoms. The van der Waals surface area contributed by atoms with Crippen molar-refractivity contribution in [3.05, 3.63) is 0 Å². The zero-order chi connectivity index (χ0) is 9.31. The molecule has 2 saturated heterocycles. The number of rotatable bonds is 4. The number of hydrogen-bond acceptors (Lipinski definition) is 4. The molecule has 13 heavy (non-hydrogen) atoms. The van der Waals surface area contributed by atoms with Crippen molar-refractivity contribution in [2.24, 2.45) is 5.41 Å². The van der Waals surface area contributed by atoms with E-state index in [1.165, 1.54) is 0 Å². The summed E-state index contributed by atoms with van der Waals surface area (Å²) >= 11 is 0. The minimum Gasteiger partial charge on any atom is -0.389 e. The van der Waals surface area contributed by atoms with E-state index in [4.69, 9.17) is 4.74 Å². The molecule has 0 amide bonds. The number of ether oxygens (including phenoxy) is 1. The summed E-state index contributed by atoms with van der Waals surface area (Å²) in [6.07, 6.45) is -0.324. The van der Waals surface area contributed by atoms with Gasteiger partial charge in [-0.1, -0.05) is 0 Å². The van der Waals surface area contributed by atoms with Crippen LogP contribution in [0.3, 0.4) is 0 Å². The number of likely N-dealkylation sites (tertiary alicyclic amines) is 1. The van der Waals surface area contributed by atoms with Gasteiger partial charge in [-0.05, 0) is 0 Å². The molecule has 0 unspecified atom stereocenters. The summed E-state index contributed by atoms with van der Waals surface area (Å²) in [5.41, 5.74) is 0.562. The Bertz CT molecular complexity index is 174. The number of nitrogens with one attached hydrogen (secondary N) is 1. The number of hydrogen-bond donors (Lipinski definition) is 2. The first-order valence-electron chi connectivity index (χ1n) is 4.84. The van der Waals surface area contributed by atoms with Gasteiger partial charge < -0.3 is 15.2 Å². The molecular formula is C9H18N2O2. The van der Waals surface area contributed by atoms with Crippen LogP contribution in [0.4, 0.5) is 0 Å². The smallest absolute Gasteiger partial charge is 0.0900 e. The van der Waals surface area contributed by atoms with Crippen LogP contribution in [0.25, 0.3) is 0 Å². The average Bonchev–Trinajstić information content (AvgIpc) is 1.92. The highest BCUT2D eigenvalue weighted by molar-refractivity contribution is 5.04. The third kappa shape index (κ3) is 1.86. The zero-order valence-electron chi connectivity index (χ0n) is 8.12. The Balaban J connectivity index is 1.63. The quantitative estimate of drug-likeness (QED) is 0.585. The third-order valence-electron chi connectivity index (χ3n) is 2.95.